The molecule has 0 saturated carbocycles. The van der Waals surface area contributed by atoms with Gasteiger partial charge in [-0.15, -0.1) is 11.3 Å². The zero-order valence-corrected chi connectivity index (χ0v) is 20.3. The summed E-state index contributed by atoms with van der Waals surface area (Å²) in [4.78, 5) is 35.2. The molecule has 182 valence electrons. The Hall–Kier alpha value is -4.51. The Labute approximate surface area is 208 Å². The van der Waals surface area contributed by atoms with Gasteiger partial charge < -0.3 is 14.0 Å². The van der Waals surface area contributed by atoms with Gasteiger partial charge in [0, 0.05) is 24.3 Å². The number of carbonyl (C=O) groups is 1. The quantitative estimate of drug-likeness (QED) is 0.330. The fourth-order valence-electron chi connectivity index (χ4n) is 4.00. The number of ether oxygens (including phenoxy) is 2. The molecular formula is C25H22N6O4S. The average molecular weight is 503 g/mol. The zero-order valence-electron chi connectivity index (χ0n) is 19.5. The van der Waals surface area contributed by atoms with Crippen LogP contribution in [0.5, 0.6) is 11.5 Å². The molecule has 0 atom stereocenters. The van der Waals surface area contributed by atoms with E-state index >= 15 is 0 Å². The highest BCUT2D eigenvalue weighted by atomic mass is 32.1. The van der Waals surface area contributed by atoms with Crippen molar-refractivity contribution in [2.45, 2.75) is 13.0 Å². The number of nitrogens with one attached hydrogen (secondary N) is 2. The highest BCUT2D eigenvalue weighted by molar-refractivity contribution is 7.13. The molecule has 11 heteroatoms. The molecule has 0 aliphatic rings. The molecule has 0 fully saturated rings. The van der Waals surface area contributed by atoms with Gasteiger partial charge in [-0.2, -0.15) is 0 Å². The number of nitrogens with zero attached hydrogens (tertiary/aromatic N) is 4. The second kappa shape index (κ2) is 9.62. The molecule has 5 rings (SSSR count). The van der Waals surface area contributed by atoms with Gasteiger partial charge in [0.25, 0.3) is 11.5 Å². The molecule has 4 heterocycles. The summed E-state index contributed by atoms with van der Waals surface area (Å²) in [5.74, 6) is 0.687. The molecule has 2 N–H and O–H groups in total. The lowest BCUT2D eigenvalue weighted by Gasteiger charge is -2.15. The van der Waals surface area contributed by atoms with Crippen molar-refractivity contribution in [1.29, 1.82) is 5.41 Å². The number of rotatable bonds is 7. The van der Waals surface area contributed by atoms with E-state index in [0.717, 1.165) is 5.56 Å². The highest BCUT2D eigenvalue weighted by Gasteiger charge is 2.18. The fourth-order valence-corrected chi connectivity index (χ4v) is 4.53. The van der Waals surface area contributed by atoms with E-state index in [-0.39, 0.29) is 22.0 Å². The van der Waals surface area contributed by atoms with Crippen LogP contribution in [0.25, 0.3) is 16.7 Å². The maximum atomic E-state index is 13.3. The van der Waals surface area contributed by atoms with Crippen molar-refractivity contribution in [3.63, 3.8) is 0 Å². The molecule has 1 amide bonds. The molecule has 0 aliphatic carbocycles. The number of fused-ring (bicyclic) bond motifs is 2. The lowest BCUT2D eigenvalue weighted by molar-refractivity contribution is 0.102. The van der Waals surface area contributed by atoms with Crippen LogP contribution in [-0.4, -0.2) is 39.1 Å². The van der Waals surface area contributed by atoms with Crippen molar-refractivity contribution in [2.24, 2.45) is 0 Å². The number of pyridine rings is 2. The third-order valence-electron chi connectivity index (χ3n) is 5.79. The third kappa shape index (κ3) is 4.20. The van der Waals surface area contributed by atoms with Crippen LogP contribution >= 0.6 is 11.3 Å². The number of methoxy groups -OCH3 is 2. The Bertz CT molecular complexity index is 1710. The molecule has 5 aromatic rings. The Morgan fingerprint density at radius 2 is 1.97 bits per heavy atom. The topological polar surface area (TPSA) is 124 Å². The normalized spacial score (nSPS) is 11.1. The van der Waals surface area contributed by atoms with Gasteiger partial charge in [-0.05, 0) is 42.3 Å². The number of hydrogen-bond donors (Lipinski definition) is 2. The summed E-state index contributed by atoms with van der Waals surface area (Å²) in [6.45, 7) is 0.304. The number of aromatic nitrogens is 4. The van der Waals surface area contributed by atoms with Crippen LogP contribution in [-0.2, 0) is 13.0 Å². The molecule has 10 nitrogen and oxygen atoms in total. The van der Waals surface area contributed by atoms with Crippen LogP contribution < -0.4 is 25.8 Å². The molecule has 0 spiro atoms. The SMILES string of the molecule is COc1ccc(CCn2c(=N)c(C(=O)Nc3nccs3)cc3c(=O)n4ccccc4nc32)cc1OC. The van der Waals surface area contributed by atoms with Gasteiger partial charge >= 0.3 is 0 Å². The minimum Gasteiger partial charge on any atom is -0.493 e. The number of aryl methyl sites for hydroxylation is 2. The summed E-state index contributed by atoms with van der Waals surface area (Å²) < 4.78 is 13.7. The summed E-state index contributed by atoms with van der Waals surface area (Å²) in [7, 11) is 3.14. The zero-order chi connectivity index (χ0) is 25.2. The smallest absolute Gasteiger partial charge is 0.267 e. The second-order valence-corrected chi connectivity index (χ2v) is 8.77. The molecule has 0 unspecified atom stereocenters. The minimum atomic E-state index is -0.519. The average Bonchev–Trinajstić information content (AvgIpc) is 3.41. The van der Waals surface area contributed by atoms with Crippen molar-refractivity contribution in [2.75, 3.05) is 19.5 Å². The van der Waals surface area contributed by atoms with Gasteiger partial charge in [0.1, 0.15) is 16.8 Å². The first-order valence-electron chi connectivity index (χ1n) is 11.0. The van der Waals surface area contributed by atoms with E-state index in [9.17, 15) is 9.59 Å². The number of benzene rings is 1. The first kappa shape index (κ1) is 23.2. The molecular weight excluding hydrogens is 480 g/mol. The number of thiazole rings is 1. The predicted molar refractivity (Wildman–Crippen MR) is 136 cm³/mol. The van der Waals surface area contributed by atoms with Crippen molar-refractivity contribution < 1.29 is 14.3 Å². The van der Waals surface area contributed by atoms with Gasteiger partial charge in [-0.3, -0.25) is 24.7 Å². The monoisotopic (exact) mass is 502 g/mol. The van der Waals surface area contributed by atoms with Gasteiger partial charge in [0.05, 0.1) is 25.2 Å². The second-order valence-electron chi connectivity index (χ2n) is 7.87. The predicted octanol–water partition coefficient (Wildman–Crippen LogP) is 3.10. The van der Waals surface area contributed by atoms with Crippen molar-refractivity contribution in [3.8, 4) is 11.5 Å². The van der Waals surface area contributed by atoms with Crippen LogP contribution in [0.1, 0.15) is 15.9 Å². The Balaban J connectivity index is 1.64. The summed E-state index contributed by atoms with van der Waals surface area (Å²) in [6.07, 6.45) is 3.70. The maximum Gasteiger partial charge on any atom is 0.267 e. The van der Waals surface area contributed by atoms with E-state index in [4.69, 9.17) is 14.9 Å². The summed E-state index contributed by atoms with van der Waals surface area (Å²) in [5.41, 5.74) is 1.40. The fraction of sp³-hybridized carbons (Fsp3) is 0.160. The summed E-state index contributed by atoms with van der Waals surface area (Å²) >= 11 is 1.27. The minimum absolute atomic E-state index is 0.0517. The van der Waals surface area contributed by atoms with E-state index in [1.807, 2.05) is 18.2 Å². The number of anilines is 1. The van der Waals surface area contributed by atoms with E-state index in [0.29, 0.717) is 40.9 Å². The van der Waals surface area contributed by atoms with Crippen molar-refractivity contribution in [1.82, 2.24) is 18.9 Å². The largest absolute Gasteiger partial charge is 0.493 e. The van der Waals surface area contributed by atoms with E-state index in [1.54, 1.807) is 54.8 Å². The Morgan fingerprint density at radius 1 is 1.14 bits per heavy atom. The van der Waals surface area contributed by atoms with E-state index in [1.165, 1.54) is 21.8 Å². The Kier molecular flexibility index (Phi) is 6.21. The molecule has 1 aromatic carbocycles. The van der Waals surface area contributed by atoms with Crippen molar-refractivity contribution in [3.05, 3.63) is 87.2 Å². The standard InChI is InChI=1S/C25H22N6O4S/c1-34-18-7-6-15(13-19(18)35-2)8-11-31-21(26)16(23(32)29-25-27-9-12-36-25)14-17-22(31)28-20-5-3-4-10-30(20)24(17)33/h3-7,9-10,12-14,26H,8,11H2,1-2H3,(H,27,29,32). The molecule has 36 heavy (non-hydrogen) atoms. The molecule has 0 aliphatic heterocycles. The van der Waals surface area contributed by atoms with Gasteiger partial charge in [-0.25, -0.2) is 9.97 Å². The molecule has 0 radical (unpaired) electrons. The van der Waals surface area contributed by atoms with E-state index in [2.05, 4.69) is 15.3 Å². The van der Waals surface area contributed by atoms with Crippen molar-refractivity contribution >= 4 is 39.1 Å². The molecule has 4 aromatic heterocycles. The number of carbonyl (C=O) groups excluding carboxylic acids is 1. The van der Waals surface area contributed by atoms with Gasteiger partial charge in [-0.1, -0.05) is 12.1 Å². The first-order chi connectivity index (χ1) is 17.5. The molecule has 0 bridgehead atoms. The van der Waals surface area contributed by atoms with Crippen LogP contribution in [0.3, 0.4) is 0 Å². The maximum absolute atomic E-state index is 13.3. The number of amides is 1. The van der Waals surface area contributed by atoms with Crippen LogP contribution in [0, 0.1) is 5.41 Å². The van der Waals surface area contributed by atoms with Crippen LogP contribution in [0.2, 0.25) is 0 Å². The van der Waals surface area contributed by atoms with Gasteiger partial charge in [0.2, 0.25) is 0 Å². The number of hydrogen-bond acceptors (Lipinski definition) is 8. The van der Waals surface area contributed by atoms with Gasteiger partial charge in [0.15, 0.2) is 16.6 Å². The third-order valence-corrected chi connectivity index (χ3v) is 6.48. The summed E-state index contributed by atoms with van der Waals surface area (Å²) in [6, 6.07) is 12.3. The lowest BCUT2D eigenvalue weighted by Crippen LogP contribution is -2.32. The molecule has 0 saturated heterocycles. The summed E-state index contributed by atoms with van der Waals surface area (Å²) in [5, 5.41) is 14.0. The first-order valence-corrected chi connectivity index (χ1v) is 11.9. The van der Waals surface area contributed by atoms with E-state index < -0.39 is 5.91 Å². The Morgan fingerprint density at radius 3 is 2.72 bits per heavy atom. The lowest BCUT2D eigenvalue weighted by atomic mass is 10.1. The highest BCUT2D eigenvalue weighted by Crippen LogP contribution is 2.28. The van der Waals surface area contributed by atoms with Crippen LogP contribution in [0.4, 0.5) is 5.13 Å². The van der Waals surface area contributed by atoms with Crippen LogP contribution in [0.15, 0.2) is 65.0 Å².